The third-order valence-electron chi connectivity index (χ3n) is 4.87. The summed E-state index contributed by atoms with van der Waals surface area (Å²) in [4.78, 5) is 19.0. The number of nitrogens with one attached hydrogen (secondary N) is 1. The minimum atomic E-state index is 0.0990. The lowest BCUT2D eigenvalue weighted by Crippen LogP contribution is -2.36. The second-order valence-electron chi connectivity index (χ2n) is 6.79. The normalized spacial score (nSPS) is 15.9. The fraction of sp³-hybridized carbons (Fsp3) is 0.429. The van der Waals surface area contributed by atoms with Crippen LogP contribution in [0.25, 0.3) is 0 Å². The van der Waals surface area contributed by atoms with Gasteiger partial charge < -0.3 is 5.32 Å². The molecule has 1 aromatic carbocycles. The van der Waals surface area contributed by atoms with Gasteiger partial charge in [-0.05, 0) is 57.0 Å². The molecule has 1 aromatic heterocycles. The first kappa shape index (κ1) is 17.6. The van der Waals surface area contributed by atoms with Gasteiger partial charge in [-0.2, -0.15) is 0 Å². The highest BCUT2D eigenvalue weighted by atomic mass is 16.1. The molecule has 0 spiro atoms. The van der Waals surface area contributed by atoms with Crippen LogP contribution in [-0.2, 0) is 11.2 Å². The second kappa shape index (κ2) is 8.77. The van der Waals surface area contributed by atoms with E-state index < -0.39 is 0 Å². The SMILES string of the molecule is Cc1ccc(C(CNC(=O)CCc2ccccn2)N2CCCC2)cc1. The van der Waals surface area contributed by atoms with Gasteiger partial charge in [0, 0.05) is 24.9 Å². The highest BCUT2D eigenvalue weighted by Gasteiger charge is 2.23. The molecule has 2 aromatic rings. The predicted octanol–water partition coefficient (Wildman–Crippen LogP) is 3.28. The lowest BCUT2D eigenvalue weighted by Gasteiger charge is -2.28. The van der Waals surface area contributed by atoms with Crippen molar-refractivity contribution in [2.45, 2.75) is 38.6 Å². The molecule has 3 rings (SSSR count). The Bertz CT molecular complexity index is 663. The number of hydrogen-bond donors (Lipinski definition) is 1. The van der Waals surface area contributed by atoms with Crippen LogP contribution in [0.1, 0.15) is 42.1 Å². The molecule has 0 saturated carbocycles. The number of likely N-dealkylation sites (tertiary alicyclic amines) is 1. The maximum Gasteiger partial charge on any atom is 0.220 e. The summed E-state index contributed by atoms with van der Waals surface area (Å²) in [5, 5.41) is 3.13. The van der Waals surface area contributed by atoms with Crippen molar-refractivity contribution >= 4 is 5.91 Å². The molecule has 0 bridgehead atoms. The highest BCUT2D eigenvalue weighted by Crippen LogP contribution is 2.24. The van der Waals surface area contributed by atoms with E-state index in [1.807, 2.05) is 18.2 Å². The zero-order chi connectivity index (χ0) is 17.5. The van der Waals surface area contributed by atoms with Gasteiger partial charge >= 0.3 is 0 Å². The van der Waals surface area contributed by atoms with E-state index in [-0.39, 0.29) is 11.9 Å². The lowest BCUT2D eigenvalue weighted by atomic mass is 10.0. The molecule has 1 fully saturated rings. The topological polar surface area (TPSA) is 45.2 Å². The Labute approximate surface area is 150 Å². The van der Waals surface area contributed by atoms with Crippen molar-refractivity contribution in [1.82, 2.24) is 15.2 Å². The largest absolute Gasteiger partial charge is 0.354 e. The van der Waals surface area contributed by atoms with E-state index in [2.05, 4.69) is 46.4 Å². The van der Waals surface area contributed by atoms with E-state index in [9.17, 15) is 4.79 Å². The van der Waals surface area contributed by atoms with Crippen LogP contribution in [0.3, 0.4) is 0 Å². The fourth-order valence-corrected chi connectivity index (χ4v) is 3.39. The van der Waals surface area contributed by atoms with Gasteiger partial charge in [-0.15, -0.1) is 0 Å². The van der Waals surface area contributed by atoms with Crippen molar-refractivity contribution in [3.63, 3.8) is 0 Å². The Balaban J connectivity index is 1.56. The van der Waals surface area contributed by atoms with Crippen molar-refractivity contribution in [3.05, 3.63) is 65.5 Å². The van der Waals surface area contributed by atoms with Crippen molar-refractivity contribution in [2.24, 2.45) is 0 Å². The van der Waals surface area contributed by atoms with Gasteiger partial charge in [-0.3, -0.25) is 14.7 Å². The summed E-state index contributed by atoms with van der Waals surface area (Å²) in [6.45, 7) is 5.00. The third kappa shape index (κ3) is 5.13. The Morgan fingerprint density at radius 2 is 1.92 bits per heavy atom. The Morgan fingerprint density at radius 1 is 1.16 bits per heavy atom. The van der Waals surface area contributed by atoms with Gasteiger partial charge in [-0.1, -0.05) is 35.9 Å². The molecular formula is C21H27N3O. The third-order valence-corrected chi connectivity index (χ3v) is 4.87. The molecule has 4 heteroatoms. The summed E-state index contributed by atoms with van der Waals surface area (Å²) in [6, 6.07) is 14.8. The van der Waals surface area contributed by atoms with Crippen LogP contribution in [0, 0.1) is 6.92 Å². The first-order valence-electron chi connectivity index (χ1n) is 9.19. The minimum Gasteiger partial charge on any atom is -0.354 e. The molecule has 25 heavy (non-hydrogen) atoms. The standard InChI is InChI=1S/C21H27N3O/c1-17-7-9-18(10-8-17)20(24-14-4-5-15-24)16-23-21(25)12-11-19-6-2-3-13-22-19/h2-3,6-10,13,20H,4-5,11-12,14-16H2,1H3,(H,23,25). The molecule has 1 amide bonds. The number of benzene rings is 1. The van der Waals surface area contributed by atoms with Crippen LogP contribution in [-0.4, -0.2) is 35.4 Å². The summed E-state index contributed by atoms with van der Waals surface area (Å²) in [6.07, 6.45) is 5.43. The second-order valence-corrected chi connectivity index (χ2v) is 6.79. The monoisotopic (exact) mass is 337 g/mol. The number of pyridine rings is 1. The van der Waals surface area contributed by atoms with E-state index in [1.54, 1.807) is 6.20 Å². The summed E-state index contributed by atoms with van der Waals surface area (Å²) in [5.74, 6) is 0.0990. The maximum absolute atomic E-state index is 12.3. The molecule has 1 unspecified atom stereocenters. The number of aromatic nitrogens is 1. The zero-order valence-corrected chi connectivity index (χ0v) is 14.9. The van der Waals surface area contributed by atoms with E-state index >= 15 is 0 Å². The Morgan fingerprint density at radius 3 is 2.60 bits per heavy atom. The van der Waals surface area contributed by atoms with Crippen molar-refractivity contribution in [2.75, 3.05) is 19.6 Å². The van der Waals surface area contributed by atoms with Crippen LogP contribution >= 0.6 is 0 Å². The van der Waals surface area contributed by atoms with Crippen molar-refractivity contribution in [1.29, 1.82) is 0 Å². The molecule has 1 saturated heterocycles. The average Bonchev–Trinajstić information content (AvgIpc) is 3.17. The zero-order valence-electron chi connectivity index (χ0n) is 14.9. The van der Waals surface area contributed by atoms with Gasteiger partial charge in [0.15, 0.2) is 0 Å². The van der Waals surface area contributed by atoms with Crippen LogP contribution in [0.5, 0.6) is 0 Å². The van der Waals surface area contributed by atoms with Crippen molar-refractivity contribution < 1.29 is 4.79 Å². The number of aryl methyl sites for hydroxylation is 2. The van der Waals surface area contributed by atoms with Gasteiger partial charge in [0.25, 0.3) is 0 Å². The molecular weight excluding hydrogens is 310 g/mol. The number of hydrogen-bond acceptors (Lipinski definition) is 3. The smallest absolute Gasteiger partial charge is 0.220 e. The summed E-state index contributed by atoms with van der Waals surface area (Å²) < 4.78 is 0. The van der Waals surface area contributed by atoms with Gasteiger partial charge in [-0.25, -0.2) is 0 Å². The molecule has 4 nitrogen and oxygen atoms in total. The predicted molar refractivity (Wildman–Crippen MR) is 100 cm³/mol. The lowest BCUT2D eigenvalue weighted by molar-refractivity contribution is -0.121. The average molecular weight is 337 g/mol. The van der Waals surface area contributed by atoms with Crippen LogP contribution < -0.4 is 5.32 Å². The first-order valence-corrected chi connectivity index (χ1v) is 9.19. The van der Waals surface area contributed by atoms with Crippen LogP contribution in [0.4, 0.5) is 0 Å². The van der Waals surface area contributed by atoms with Crippen LogP contribution in [0.2, 0.25) is 0 Å². The van der Waals surface area contributed by atoms with Gasteiger partial charge in [0.2, 0.25) is 5.91 Å². The van der Waals surface area contributed by atoms with Gasteiger partial charge in [0.1, 0.15) is 0 Å². The van der Waals surface area contributed by atoms with E-state index in [0.29, 0.717) is 19.4 Å². The van der Waals surface area contributed by atoms with E-state index in [4.69, 9.17) is 0 Å². The molecule has 1 atom stereocenters. The van der Waals surface area contributed by atoms with Crippen LogP contribution in [0.15, 0.2) is 48.7 Å². The molecule has 2 heterocycles. The number of amides is 1. The minimum absolute atomic E-state index is 0.0990. The molecule has 0 aliphatic carbocycles. The molecule has 0 radical (unpaired) electrons. The number of carbonyl (C=O) groups is 1. The number of nitrogens with zero attached hydrogens (tertiary/aromatic N) is 2. The first-order chi connectivity index (χ1) is 12.2. The molecule has 1 aliphatic heterocycles. The van der Waals surface area contributed by atoms with Gasteiger partial charge in [0.05, 0.1) is 6.04 Å². The highest BCUT2D eigenvalue weighted by molar-refractivity contribution is 5.76. The Hall–Kier alpha value is -2.20. The number of rotatable bonds is 7. The molecule has 1 N–H and O–H groups in total. The molecule has 1 aliphatic rings. The number of carbonyl (C=O) groups excluding carboxylic acids is 1. The summed E-state index contributed by atoms with van der Waals surface area (Å²) in [7, 11) is 0. The summed E-state index contributed by atoms with van der Waals surface area (Å²) in [5.41, 5.74) is 3.52. The molecule has 132 valence electrons. The quantitative estimate of drug-likeness (QED) is 0.843. The van der Waals surface area contributed by atoms with E-state index in [0.717, 1.165) is 18.8 Å². The maximum atomic E-state index is 12.3. The Kier molecular flexibility index (Phi) is 6.18. The summed E-state index contributed by atoms with van der Waals surface area (Å²) >= 11 is 0. The fourth-order valence-electron chi connectivity index (χ4n) is 3.39. The van der Waals surface area contributed by atoms with Crippen molar-refractivity contribution in [3.8, 4) is 0 Å². The van der Waals surface area contributed by atoms with E-state index in [1.165, 1.54) is 24.0 Å².